The predicted molar refractivity (Wildman–Crippen MR) is 82.3 cm³/mol. The number of aliphatic hydroxyl groups is 1. The maximum Gasteiger partial charge on any atom is 0.132 e. The minimum absolute atomic E-state index is 0.0646. The second-order valence-electron chi connectivity index (χ2n) is 6.08. The van der Waals surface area contributed by atoms with E-state index < -0.39 is 17.2 Å². The van der Waals surface area contributed by atoms with Crippen LogP contribution in [0.2, 0.25) is 0 Å². The van der Waals surface area contributed by atoms with Crippen molar-refractivity contribution in [2.24, 2.45) is 5.10 Å². The van der Waals surface area contributed by atoms with Gasteiger partial charge in [-0.05, 0) is 13.0 Å². The van der Waals surface area contributed by atoms with Crippen molar-refractivity contribution in [3.63, 3.8) is 0 Å². The number of hydrazine groups is 1. The van der Waals surface area contributed by atoms with E-state index in [9.17, 15) is 13.9 Å². The smallest absolute Gasteiger partial charge is 0.132 e. The van der Waals surface area contributed by atoms with Crippen LogP contribution in [0.15, 0.2) is 23.3 Å². The summed E-state index contributed by atoms with van der Waals surface area (Å²) in [6, 6.07) is 3.20. The largest absolute Gasteiger partial charge is 0.383 e. The molecule has 0 saturated carbocycles. The number of hydrogen-bond acceptors (Lipinski definition) is 6. The van der Waals surface area contributed by atoms with E-state index >= 15 is 0 Å². The molecule has 1 fully saturated rings. The fourth-order valence-corrected chi connectivity index (χ4v) is 2.90. The lowest BCUT2D eigenvalue weighted by atomic mass is 9.95. The average Bonchev–Trinajstić information content (AvgIpc) is 2.95. The molecule has 3 rings (SSSR count). The molecule has 2 N–H and O–H groups in total. The fourth-order valence-electron chi connectivity index (χ4n) is 2.90. The van der Waals surface area contributed by atoms with Gasteiger partial charge in [-0.3, -0.25) is 10.0 Å². The molecular weight excluding hydrogens is 304 g/mol. The Labute approximate surface area is 133 Å². The van der Waals surface area contributed by atoms with Crippen molar-refractivity contribution >= 4 is 6.34 Å². The van der Waals surface area contributed by atoms with E-state index in [2.05, 4.69) is 15.4 Å². The number of nitrogens with zero attached hydrogens (tertiary/aromatic N) is 4. The summed E-state index contributed by atoms with van der Waals surface area (Å²) in [5.41, 5.74) is -1.40. The van der Waals surface area contributed by atoms with Gasteiger partial charge in [-0.2, -0.15) is 5.10 Å². The van der Waals surface area contributed by atoms with Crippen LogP contribution in [0, 0.1) is 11.6 Å². The molecule has 23 heavy (non-hydrogen) atoms. The van der Waals surface area contributed by atoms with E-state index in [0.29, 0.717) is 6.67 Å². The highest BCUT2D eigenvalue weighted by Crippen LogP contribution is 2.26. The van der Waals surface area contributed by atoms with Gasteiger partial charge in [0.25, 0.3) is 0 Å². The van der Waals surface area contributed by atoms with Crippen molar-refractivity contribution in [2.75, 3.05) is 39.4 Å². The van der Waals surface area contributed by atoms with Gasteiger partial charge in [0.15, 0.2) is 0 Å². The van der Waals surface area contributed by atoms with Gasteiger partial charge in [0.2, 0.25) is 0 Å². The Kier molecular flexibility index (Phi) is 4.47. The number of hydrogen-bond donors (Lipinski definition) is 2. The zero-order valence-corrected chi connectivity index (χ0v) is 13.0. The Balaban J connectivity index is 1.63. The number of halogens is 2. The number of benzene rings is 1. The lowest BCUT2D eigenvalue weighted by Gasteiger charge is -2.35. The molecule has 0 radical (unpaired) electrons. The van der Waals surface area contributed by atoms with E-state index in [4.69, 9.17) is 0 Å². The number of rotatable bonds is 4. The summed E-state index contributed by atoms with van der Waals surface area (Å²) in [6.45, 7) is 5.75. The Morgan fingerprint density at radius 1 is 1.30 bits per heavy atom. The molecule has 2 heterocycles. The minimum atomic E-state index is -1.46. The van der Waals surface area contributed by atoms with E-state index in [-0.39, 0.29) is 12.1 Å². The third kappa shape index (κ3) is 3.60. The van der Waals surface area contributed by atoms with Gasteiger partial charge in [-0.15, -0.1) is 0 Å². The Morgan fingerprint density at radius 2 is 2.04 bits per heavy atom. The number of nitrogens with one attached hydrogen (secondary N) is 1. The molecule has 1 aromatic carbocycles. The Hall–Kier alpha value is -1.77. The minimum Gasteiger partial charge on any atom is -0.383 e. The second kappa shape index (κ2) is 6.38. The lowest BCUT2D eigenvalue weighted by molar-refractivity contribution is -0.0241. The van der Waals surface area contributed by atoms with Gasteiger partial charge in [-0.1, -0.05) is 6.07 Å². The van der Waals surface area contributed by atoms with Gasteiger partial charge >= 0.3 is 0 Å². The molecule has 0 aliphatic carbocycles. The molecule has 8 heteroatoms. The third-order valence-electron chi connectivity index (χ3n) is 4.11. The van der Waals surface area contributed by atoms with Gasteiger partial charge in [0.1, 0.15) is 30.2 Å². The zero-order valence-electron chi connectivity index (χ0n) is 13.0. The molecule has 6 nitrogen and oxygen atoms in total. The van der Waals surface area contributed by atoms with E-state index in [1.54, 1.807) is 11.3 Å². The van der Waals surface area contributed by atoms with Crippen molar-refractivity contribution in [3.05, 3.63) is 35.4 Å². The zero-order chi connectivity index (χ0) is 16.4. The van der Waals surface area contributed by atoms with Gasteiger partial charge in [0, 0.05) is 37.8 Å². The van der Waals surface area contributed by atoms with Crippen molar-refractivity contribution < 1.29 is 13.9 Å². The predicted octanol–water partition coefficient (Wildman–Crippen LogP) is 0.511. The summed E-state index contributed by atoms with van der Waals surface area (Å²) in [5, 5.41) is 24.0. The third-order valence-corrected chi connectivity index (χ3v) is 4.11. The highest BCUT2D eigenvalue weighted by molar-refractivity contribution is 5.55. The average molecular weight is 325 g/mol. The van der Waals surface area contributed by atoms with Crippen LogP contribution in [0.5, 0.6) is 0 Å². The Morgan fingerprint density at radius 3 is 2.74 bits per heavy atom. The molecule has 2 aliphatic heterocycles. The molecule has 126 valence electrons. The van der Waals surface area contributed by atoms with Gasteiger partial charge < -0.3 is 10.4 Å². The number of β-amino-alcohol motifs (C(OH)–C–C–N with tert-alkyl or cyclic N) is 1. The number of hydrazone groups is 1. The normalized spacial score (nSPS) is 21.7. The molecule has 0 bridgehead atoms. The quantitative estimate of drug-likeness (QED) is 0.845. The van der Waals surface area contributed by atoms with Crippen LogP contribution < -0.4 is 5.32 Å². The molecule has 0 amide bonds. The number of piperazine rings is 1. The van der Waals surface area contributed by atoms with Crippen LogP contribution >= 0.6 is 0 Å². The van der Waals surface area contributed by atoms with Gasteiger partial charge in [-0.25, -0.2) is 13.8 Å². The van der Waals surface area contributed by atoms with Crippen LogP contribution in [-0.2, 0) is 5.60 Å². The molecule has 2 aliphatic rings. The van der Waals surface area contributed by atoms with Crippen LogP contribution in [0.3, 0.4) is 0 Å². The summed E-state index contributed by atoms with van der Waals surface area (Å²) >= 11 is 0. The molecule has 0 aromatic heterocycles. The summed E-state index contributed by atoms with van der Waals surface area (Å²) in [5.74, 6) is -1.41. The molecule has 0 spiro atoms. The van der Waals surface area contributed by atoms with Crippen molar-refractivity contribution in [2.45, 2.75) is 12.5 Å². The first kappa shape index (κ1) is 16.1. The van der Waals surface area contributed by atoms with Crippen LogP contribution in [0.1, 0.15) is 12.5 Å². The van der Waals surface area contributed by atoms with Crippen LogP contribution in [-0.4, -0.2) is 65.9 Å². The molecule has 1 unspecified atom stereocenters. The highest BCUT2D eigenvalue weighted by atomic mass is 19.1. The topological polar surface area (TPSA) is 54.3 Å². The summed E-state index contributed by atoms with van der Waals surface area (Å²) in [7, 11) is 0. The first-order chi connectivity index (χ1) is 11.0. The van der Waals surface area contributed by atoms with Crippen LogP contribution in [0.4, 0.5) is 8.78 Å². The Bertz CT molecular complexity index is 589. The summed E-state index contributed by atoms with van der Waals surface area (Å²) in [4.78, 5) is 0. The van der Waals surface area contributed by atoms with Crippen molar-refractivity contribution in [1.82, 2.24) is 20.3 Å². The maximum absolute atomic E-state index is 13.9. The standard InChI is InChI=1S/C15H21F2N5O/c1-15(23,13-3-2-12(16)8-14(13)17)9-20-11-22(10-19-20)21-6-4-18-5-7-21/h2-3,8,10,18,23H,4-7,9,11H2,1H3. The lowest BCUT2D eigenvalue weighted by Crippen LogP contribution is -2.52. The second-order valence-corrected chi connectivity index (χ2v) is 6.08. The first-order valence-electron chi connectivity index (χ1n) is 7.65. The van der Waals surface area contributed by atoms with E-state index in [0.717, 1.165) is 38.3 Å². The van der Waals surface area contributed by atoms with Gasteiger partial charge in [0.05, 0.1) is 6.54 Å². The summed E-state index contributed by atoms with van der Waals surface area (Å²) in [6.07, 6.45) is 1.71. The molecule has 1 saturated heterocycles. The van der Waals surface area contributed by atoms with Crippen molar-refractivity contribution in [3.8, 4) is 0 Å². The molecule has 1 atom stereocenters. The SMILES string of the molecule is CC(O)(CN1CN(N2CCNCC2)C=N1)c1ccc(F)cc1F. The highest BCUT2D eigenvalue weighted by Gasteiger charge is 2.32. The van der Waals surface area contributed by atoms with E-state index in [1.807, 2.05) is 5.01 Å². The monoisotopic (exact) mass is 325 g/mol. The van der Waals surface area contributed by atoms with Crippen LogP contribution in [0.25, 0.3) is 0 Å². The van der Waals surface area contributed by atoms with E-state index in [1.165, 1.54) is 13.0 Å². The molecule has 1 aromatic rings. The van der Waals surface area contributed by atoms with Crippen molar-refractivity contribution in [1.29, 1.82) is 0 Å². The molecular formula is C15H21F2N5O. The fraction of sp³-hybridized carbons (Fsp3) is 0.533. The first-order valence-corrected chi connectivity index (χ1v) is 7.65. The maximum atomic E-state index is 13.9. The summed E-state index contributed by atoms with van der Waals surface area (Å²) < 4.78 is 26.9.